The van der Waals surface area contributed by atoms with E-state index in [0.717, 1.165) is 109 Å². The van der Waals surface area contributed by atoms with Crippen molar-refractivity contribution in [3.8, 4) is 0 Å². The molecule has 13 aliphatic rings. The number of hydrogen-bond donors (Lipinski definition) is 4. The van der Waals surface area contributed by atoms with E-state index in [-0.39, 0.29) is 23.0 Å². The van der Waals surface area contributed by atoms with Gasteiger partial charge in [-0.15, -0.1) is 0 Å². The van der Waals surface area contributed by atoms with E-state index in [1.807, 2.05) is 19.1 Å². The quantitative estimate of drug-likeness (QED) is 0.0544. The predicted molar refractivity (Wildman–Crippen MR) is 619 cm³/mol. The summed E-state index contributed by atoms with van der Waals surface area (Å²) >= 11 is 1.25. The summed E-state index contributed by atoms with van der Waals surface area (Å²) in [7, 11) is 0. The van der Waals surface area contributed by atoms with Gasteiger partial charge in [0.15, 0.2) is 16.9 Å². The number of anilines is 1. The molecule has 1 saturated heterocycles. The molecule has 7 aliphatic heterocycles. The molecule has 150 heavy (non-hydrogen) atoms. The summed E-state index contributed by atoms with van der Waals surface area (Å²) in [5.41, 5.74) is 42.9. The molecule has 1 saturated carbocycles. The number of benzene rings is 9. The number of aromatic nitrogens is 5. The number of nitrogens with one attached hydrogen (secondary N) is 3. The normalized spacial score (nSPS) is 21.2. The number of nitrogens with zero attached hydrogens (tertiary/aromatic N) is 10. The second-order valence-corrected chi connectivity index (χ2v) is 47.6. The average Bonchev–Trinajstić information content (AvgIpc) is 1.59. The number of amides is 2. The van der Waals surface area contributed by atoms with E-state index in [2.05, 4.69) is 301 Å². The Bertz CT molecular complexity index is 7430. The average molecular weight is 2020 g/mol. The van der Waals surface area contributed by atoms with Gasteiger partial charge in [-0.25, -0.2) is 9.48 Å². The van der Waals surface area contributed by atoms with E-state index in [0.29, 0.717) is 66.8 Å². The Labute approximate surface area is 894 Å². The van der Waals surface area contributed by atoms with Gasteiger partial charge in [-0.05, 0) is 319 Å². The fourth-order valence-electron chi connectivity index (χ4n) is 29.3. The van der Waals surface area contributed by atoms with Crippen LogP contribution in [0.4, 0.5) is 5.69 Å². The first-order valence-corrected chi connectivity index (χ1v) is 58.5. The minimum atomic E-state index is -0.0249. The number of carbonyl (C=O) groups excluding carboxylic acids is 3. The molecule has 27 rings (SSSR count). The van der Waals surface area contributed by atoms with Gasteiger partial charge in [-0.3, -0.25) is 29.1 Å². The van der Waals surface area contributed by atoms with Crippen LogP contribution in [0.5, 0.6) is 0 Å². The second-order valence-electron chi connectivity index (χ2n) is 46.3. The molecule has 18 heteroatoms. The molecular formula is C132H160N13O4S+. The van der Waals surface area contributed by atoms with Crippen LogP contribution in [0.2, 0.25) is 0 Å². The van der Waals surface area contributed by atoms with Crippen molar-refractivity contribution in [2.75, 3.05) is 50.3 Å². The number of aryl methyl sites for hydroxylation is 13. The Balaban J connectivity index is 0.000000102. The van der Waals surface area contributed by atoms with Crippen LogP contribution in [-0.4, -0.2) is 131 Å². The molecule has 5 aromatic heterocycles. The fraction of sp³-hybridized carbons (Fsp3) is 0.455. The van der Waals surface area contributed by atoms with Gasteiger partial charge in [0.25, 0.3) is 0 Å². The third-order valence-electron chi connectivity index (χ3n) is 35.9. The van der Waals surface area contributed by atoms with Crippen molar-refractivity contribution < 1.29 is 24.1 Å². The first-order valence-electron chi connectivity index (χ1n) is 57.5. The third-order valence-corrected chi connectivity index (χ3v) is 36.7. The zero-order valence-electron chi connectivity index (χ0n) is 91.1. The van der Waals surface area contributed by atoms with Crippen molar-refractivity contribution >= 4 is 94.6 Å². The maximum Gasteiger partial charge on any atom is 0.224 e. The molecule has 9 aromatic carbocycles. The number of hydrogen-bond acceptors (Lipinski definition) is 10. The maximum atomic E-state index is 12.8. The van der Waals surface area contributed by atoms with Crippen molar-refractivity contribution in [2.24, 2.45) is 0 Å². The minimum absolute atomic E-state index is 0.0249. The van der Waals surface area contributed by atoms with E-state index in [4.69, 9.17) is 0 Å². The van der Waals surface area contributed by atoms with Gasteiger partial charge in [-0.1, -0.05) is 187 Å². The zero-order valence-corrected chi connectivity index (χ0v) is 91.9. The number of aliphatic hydroxyl groups is 1. The van der Waals surface area contributed by atoms with E-state index in [9.17, 15) is 19.5 Å². The number of aromatic amines is 1. The minimum Gasteiger partial charge on any atom is -0.513 e. The molecule has 14 aromatic rings. The van der Waals surface area contributed by atoms with Crippen LogP contribution in [0, 0.1) is 41.5 Å². The third kappa shape index (κ3) is 21.0. The van der Waals surface area contributed by atoms with E-state index in [1.54, 1.807) is 70.0 Å². The number of carbonyl (C=O) groups is 3. The van der Waals surface area contributed by atoms with Crippen LogP contribution in [0.1, 0.15) is 347 Å². The highest BCUT2D eigenvalue weighted by atomic mass is 32.2. The Kier molecular flexibility index (Phi) is 30.7. The molecule has 782 valence electrons. The number of thioether (sulfide) groups is 1. The predicted octanol–water partition coefficient (Wildman–Crippen LogP) is 29.2. The number of fused-ring (bicyclic) bond motifs is 18. The Morgan fingerprint density at radius 1 is 0.447 bits per heavy atom. The highest BCUT2D eigenvalue weighted by molar-refractivity contribution is 8.13. The van der Waals surface area contributed by atoms with E-state index >= 15 is 0 Å². The molecule has 8 unspecified atom stereocenters. The lowest BCUT2D eigenvalue weighted by Gasteiger charge is -2.43. The van der Waals surface area contributed by atoms with Gasteiger partial charge in [0.05, 0.1) is 41.5 Å². The van der Waals surface area contributed by atoms with Crippen LogP contribution >= 0.6 is 11.8 Å². The van der Waals surface area contributed by atoms with Gasteiger partial charge >= 0.3 is 0 Å². The molecule has 2 fully saturated rings. The highest BCUT2D eigenvalue weighted by Crippen LogP contribution is 2.52. The molecule has 6 aliphatic carbocycles. The second kappa shape index (κ2) is 44.9. The van der Waals surface area contributed by atoms with Crippen LogP contribution < -0.4 is 10.6 Å². The topological polar surface area (TPSA) is 150 Å². The van der Waals surface area contributed by atoms with Crippen LogP contribution in [0.25, 0.3) is 54.5 Å². The van der Waals surface area contributed by atoms with Gasteiger partial charge in [0.2, 0.25) is 18.0 Å². The zero-order chi connectivity index (χ0) is 103. The largest absolute Gasteiger partial charge is 0.513 e. The molecule has 2 amide bonds. The van der Waals surface area contributed by atoms with Crippen molar-refractivity contribution in [3.05, 3.63) is 336 Å². The number of allylic oxidation sites excluding steroid dienone is 1. The Morgan fingerprint density at radius 2 is 0.967 bits per heavy atom. The highest BCUT2D eigenvalue weighted by Gasteiger charge is 2.50. The van der Waals surface area contributed by atoms with Crippen molar-refractivity contribution in [2.45, 2.75) is 343 Å². The summed E-state index contributed by atoms with van der Waals surface area (Å²) in [6, 6.07) is 73.6. The number of aliphatic hydroxyl groups excluding tert-OH is 1. The molecular weight excluding hydrogens is 1860 g/mol. The lowest BCUT2D eigenvalue weighted by atomic mass is 9.82. The summed E-state index contributed by atoms with van der Waals surface area (Å²) < 4.78 is 13.1. The lowest BCUT2D eigenvalue weighted by molar-refractivity contribution is -0.643. The first-order chi connectivity index (χ1) is 73.0. The SMILES string of the molecule is C=C(C)NC1CCCc2c1[nH]c1ccc(C)cc21.C=C(O)CCN1CCC2c3ccc(C4CCCCC4)cc3C3=[N+]2C1CCC3.CC(=O)Nc1ccc(CN2CCCn3c4c(c5cc(C)ccc53)CCCC42)cc1.CC(=O)SCCC(=O)N1CCn2c3c(c4cc(C)ccc42)CCCC31.Cc1ccc2c(c1)c1c3n2CCN(C(C)c2ccccc2)C3CCC1.Cc1cccc(CN2CCCn3c4c(c5cc(C)ccc53)CCCC42)c1. The molecule has 17 nitrogen and oxygen atoms in total. The first kappa shape index (κ1) is 103. The molecule has 0 spiro atoms. The monoisotopic (exact) mass is 2020 g/mol. The summed E-state index contributed by atoms with van der Waals surface area (Å²) in [5, 5.41) is 23.3. The van der Waals surface area contributed by atoms with Gasteiger partial charge < -0.3 is 43.9 Å². The van der Waals surface area contributed by atoms with Crippen LogP contribution in [0.15, 0.2) is 213 Å². The Morgan fingerprint density at radius 3 is 1.54 bits per heavy atom. The standard InChI is InChI=1S/C25H29N3O.C24H32N2O.C24H28N2.C23H26N2.C20H24N2O2S.C16H20N2/c1-17-7-12-23-22(15-17)21-5-3-6-24-25(21)28(23)14-4-13-27(24)16-19-8-10-20(11-9-19)26-18(2)29;1-17(27)12-14-25-15-13-23-20-11-10-19(18-6-3-2-4-7-18)16-21(20)22-8-5-9-24(25)26(22)23;1-17-6-3-7-19(14-17)16-25-12-5-13-26-22-11-10-18(2)15-21(22)20-8-4-9-23(25)24(20)26;1-16-11-12-21-20(15-16)19-9-6-10-22-23(19)25(21)14-13-24(22)17(2)18-7-4-3-5-8-18;1-13-6-7-17-16(12-13)15-4-3-5-18-20(15)22(17)10-9-21(18)19(24)8-11-25-14(2)23;1-10(2)17-15-6-4-5-12-13-9-11(3)7-8-14(13)18-16(12)15/h7-12,15,24H,3-6,13-14,16H2,1-2H3,(H,26,29);10-11,16,18,23-24H,1-9,12-15H2;3,6-7,10-11,14-15,23H,4-5,8-9,12-13,16H2,1-2H3;3-5,7-8,11-12,15,17,22H,6,9-10,13-14H2,1-2H3;6-7,12,18H,3-5,8-11H2,1-2H3;7-9,15,17-18H,1,4-6H2,2-3H3/p+1. The summed E-state index contributed by atoms with van der Waals surface area (Å²) in [5.74, 6) is 1.86. The van der Waals surface area contributed by atoms with E-state index in [1.165, 1.54) is 293 Å². The smallest absolute Gasteiger partial charge is 0.224 e. The fourth-order valence-corrected chi connectivity index (χ4v) is 29.8. The molecule has 0 bridgehead atoms. The van der Waals surface area contributed by atoms with Crippen LogP contribution in [-0.2, 0) is 85.8 Å². The van der Waals surface area contributed by atoms with Gasteiger partial charge in [0, 0.05) is 236 Å². The summed E-state index contributed by atoms with van der Waals surface area (Å²) in [6.07, 6.45) is 34.4. The Hall–Kier alpha value is -11.8. The molecule has 12 heterocycles. The summed E-state index contributed by atoms with van der Waals surface area (Å²) in [4.78, 5) is 51.6. The summed E-state index contributed by atoms with van der Waals surface area (Å²) in [6.45, 7) is 40.9. The van der Waals surface area contributed by atoms with Gasteiger partial charge in [0.1, 0.15) is 0 Å². The van der Waals surface area contributed by atoms with Gasteiger partial charge in [-0.2, -0.15) is 0 Å². The molecule has 0 radical (unpaired) electrons. The van der Waals surface area contributed by atoms with Crippen molar-refractivity contribution in [3.63, 3.8) is 0 Å². The van der Waals surface area contributed by atoms with Crippen molar-refractivity contribution in [1.29, 1.82) is 0 Å². The maximum absolute atomic E-state index is 12.8. The number of H-pyrrole nitrogens is 1. The number of rotatable bonds is 16. The molecule has 8 atom stereocenters. The van der Waals surface area contributed by atoms with Crippen molar-refractivity contribution in [1.82, 2.24) is 53.1 Å². The van der Waals surface area contributed by atoms with Crippen LogP contribution in [0.3, 0.4) is 0 Å². The lowest BCUT2D eigenvalue weighted by Crippen LogP contribution is -2.52. The van der Waals surface area contributed by atoms with E-state index < -0.39 is 0 Å². The molecule has 4 N–H and O–H groups in total.